The normalized spacial score (nSPS) is 11.2. The Bertz CT molecular complexity index is 763. The number of hydrogen-bond acceptors (Lipinski definition) is 6. The van der Waals surface area contributed by atoms with Crippen molar-refractivity contribution in [1.82, 2.24) is 14.8 Å². The Morgan fingerprint density at radius 1 is 1.46 bits per heavy atom. The van der Waals surface area contributed by atoms with Crippen LogP contribution in [0.1, 0.15) is 26.5 Å². The average Bonchev–Trinajstić information content (AvgIpc) is 2.86. The number of aryl methyl sites for hydroxylation is 1. The number of carbonyl (C=O) groups excluding carboxylic acids is 1. The summed E-state index contributed by atoms with van der Waals surface area (Å²) in [6.07, 6.45) is 1.29. The second-order valence-corrected chi connectivity index (χ2v) is 6.21. The van der Waals surface area contributed by atoms with E-state index in [1.165, 1.54) is 18.3 Å². The number of carbonyl (C=O) groups is 1. The third kappa shape index (κ3) is 4.06. The summed E-state index contributed by atoms with van der Waals surface area (Å²) in [5.74, 6) is -0.412. The first-order valence-electron chi connectivity index (χ1n) is 7.25. The van der Waals surface area contributed by atoms with Crippen LogP contribution in [0.25, 0.3) is 0 Å². The smallest absolute Gasteiger partial charge is 0.406 e. The molecule has 2 aromatic rings. The molecule has 0 radical (unpaired) electrons. The van der Waals surface area contributed by atoms with Crippen molar-refractivity contribution in [3.8, 4) is 5.75 Å². The van der Waals surface area contributed by atoms with Gasteiger partial charge in [0.15, 0.2) is 6.61 Å². The molecular formula is C15H19N5O4. The third-order valence-electron chi connectivity index (χ3n) is 3.20. The van der Waals surface area contributed by atoms with Gasteiger partial charge in [-0.15, -0.1) is 0 Å². The van der Waals surface area contributed by atoms with Crippen LogP contribution in [-0.2, 0) is 17.3 Å². The van der Waals surface area contributed by atoms with Crippen LogP contribution in [0.3, 0.4) is 0 Å². The number of nitro groups is 1. The predicted octanol–water partition coefficient (Wildman–Crippen LogP) is 2.04. The summed E-state index contributed by atoms with van der Waals surface area (Å²) in [4.78, 5) is 25.8. The van der Waals surface area contributed by atoms with Crippen LogP contribution >= 0.6 is 0 Å². The monoisotopic (exact) mass is 333 g/mol. The minimum absolute atomic E-state index is 0.0574. The van der Waals surface area contributed by atoms with E-state index < -0.39 is 16.6 Å². The SMILES string of the molecule is Cn1nc(C(C)(C)C)cc1NC(=O)COc1cccnc1[N+](=O)[O-]. The van der Waals surface area contributed by atoms with Crippen molar-refractivity contribution in [3.05, 3.63) is 40.2 Å². The summed E-state index contributed by atoms with van der Waals surface area (Å²) in [6.45, 7) is 5.69. The molecule has 2 aromatic heterocycles. The molecule has 9 heteroatoms. The molecule has 1 amide bonds. The van der Waals surface area contributed by atoms with Gasteiger partial charge in [-0.1, -0.05) is 20.8 Å². The van der Waals surface area contributed by atoms with Crippen LogP contribution in [0.4, 0.5) is 11.6 Å². The predicted molar refractivity (Wildman–Crippen MR) is 86.9 cm³/mol. The molecule has 0 bridgehead atoms. The first kappa shape index (κ1) is 17.4. The highest BCUT2D eigenvalue weighted by Crippen LogP contribution is 2.24. The molecule has 2 rings (SSSR count). The lowest BCUT2D eigenvalue weighted by Gasteiger charge is -2.13. The van der Waals surface area contributed by atoms with Gasteiger partial charge in [0.05, 0.1) is 5.69 Å². The Morgan fingerprint density at radius 2 is 2.17 bits per heavy atom. The fourth-order valence-corrected chi connectivity index (χ4v) is 1.90. The van der Waals surface area contributed by atoms with Gasteiger partial charge in [0.1, 0.15) is 12.0 Å². The second-order valence-electron chi connectivity index (χ2n) is 6.21. The highest BCUT2D eigenvalue weighted by atomic mass is 16.6. The highest BCUT2D eigenvalue weighted by molar-refractivity contribution is 5.91. The minimum atomic E-state index is -0.663. The van der Waals surface area contributed by atoms with E-state index in [1.807, 2.05) is 20.8 Å². The summed E-state index contributed by atoms with van der Waals surface area (Å²) in [7, 11) is 1.72. The van der Waals surface area contributed by atoms with E-state index in [-0.39, 0.29) is 17.8 Å². The van der Waals surface area contributed by atoms with Crippen LogP contribution in [0, 0.1) is 10.1 Å². The Labute approximate surface area is 138 Å². The first-order chi connectivity index (χ1) is 11.2. The molecule has 0 fully saturated rings. The molecule has 0 atom stereocenters. The van der Waals surface area contributed by atoms with Gasteiger partial charge in [-0.2, -0.15) is 5.10 Å². The molecule has 0 aliphatic heterocycles. The summed E-state index contributed by atoms with van der Waals surface area (Å²) in [5, 5.41) is 17.9. The van der Waals surface area contributed by atoms with E-state index in [0.29, 0.717) is 5.82 Å². The molecule has 9 nitrogen and oxygen atoms in total. The lowest BCUT2D eigenvalue weighted by atomic mass is 9.92. The van der Waals surface area contributed by atoms with Gasteiger partial charge in [-0.05, 0) is 22.0 Å². The molecule has 0 saturated carbocycles. The number of rotatable bonds is 5. The van der Waals surface area contributed by atoms with Gasteiger partial charge < -0.3 is 20.2 Å². The zero-order valence-corrected chi connectivity index (χ0v) is 13.9. The molecule has 0 aliphatic carbocycles. The van der Waals surface area contributed by atoms with Crippen LogP contribution in [-0.4, -0.2) is 32.2 Å². The fourth-order valence-electron chi connectivity index (χ4n) is 1.90. The Balaban J connectivity index is 2.02. The quantitative estimate of drug-likeness (QED) is 0.662. The average molecular weight is 333 g/mol. The van der Waals surface area contributed by atoms with Gasteiger partial charge in [-0.25, -0.2) is 0 Å². The number of pyridine rings is 1. The van der Waals surface area contributed by atoms with Gasteiger partial charge >= 0.3 is 5.82 Å². The maximum Gasteiger partial charge on any atom is 0.406 e. The zero-order chi connectivity index (χ0) is 17.9. The van der Waals surface area contributed by atoms with Gasteiger partial charge in [0, 0.05) is 18.5 Å². The standard InChI is InChI=1S/C15H19N5O4/c1-15(2,3)11-8-12(19(4)18-11)17-13(21)9-24-10-6-5-7-16-14(10)20(22)23/h5-8H,9H2,1-4H3,(H,17,21). The van der Waals surface area contributed by atoms with Crippen LogP contribution in [0.5, 0.6) is 5.75 Å². The zero-order valence-electron chi connectivity index (χ0n) is 13.9. The van der Waals surface area contributed by atoms with Crippen molar-refractivity contribution in [2.45, 2.75) is 26.2 Å². The summed E-state index contributed by atoms with van der Waals surface area (Å²) >= 11 is 0. The number of nitrogens with zero attached hydrogens (tertiary/aromatic N) is 4. The number of aromatic nitrogens is 3. The number of anilines is 1. The van der Waals surface area contributed by atoms with Crippen molar-refractivity contribution in [3.63, 3.8) is 0 Å². The third-order valence-corrected chi connectivity index (χ3v) is 3.20. The molecule has 24 heavy (non-hydrogen) atoms. The van der Waals surface area contributed by atoms with Crippen molar-refractivity contribution in [2.24, 2.45) is 7.05 Å². The molecule has 0 aliphatic rings. The number of hydrogen-bond donors (Lipinski definition) is 1. The summed E-state index contributed by atoms with van der Waals surface area (Å²) in [5.41, 5.74) is 0.692. The van der Waals surface area contributed by atoms with Gasteiger partial charge in [-0.3, -0.25) is 9.48 Å². The van der Waals surface area contributed by atoms with Gasteiger partial charge in [0.2, 0.25) is 5.75 Å². The van der Waals surface area contributed by atoms with E-state index in [9.17, 15) is 14.9 Å². The van der Waals surface area contributed by atoms with E-state index in [0.717, 1.165) is 5.69 Å². The van der Waals surface area contributed by atoms with E-state index in [1.54, 1.807) is 17.8 Å². The largest absolute Gasteiger partial charge is 0.476 e. The Morgan fingerprint density at radius 3 is 2.75 bits per heavy atom. The lowest BCUT2D eigenvalue weighted by molar-refractivity contribution is -0.390. The molecule has 2 heterocycles. The van der Waals surface area contributed by atoms with Crippen molar-refractivity contribution in [2.75, 3.05) is 11.9 Å². The van der Waals surface area contributed by atoms with Crippen LogP contribution in [0.15, 0.2) is 24.4 Å². The number of nitrogens with one attached hydrogen (secondary N) is 1. The van der Waals surface area contributed by atoms with E-state index in [2.05, 4.69) is 15.4 Å². The lowest BCUT2D eigenvalue weighted by Crippen LogP contribution is -2.22. The van der Waals surface area contributed by atoms with E-state index in [4.69, 9.17) is 4.74 Å². The topological polar surface area (TPSA) is 112 Å². The minimum Gasteiger partial charge on any atom is -0.476 e. The second kappa shape index (κ2) is 6.65. The first-order valence-corrected chi connectivity index (χ1v) is 7.25. The Kier molecular flexibility index (Phi) is 4.82. The Hall–Kier alpha value is -2.97. The van der Waals surface area contributed by atoms with Crippen molar-refractivity contribution < 1.29 is 14.5 Å². The van der Waals surface area contributed by atoms with Crippen molar-refractivity contribution >= 4 is 17.5 Å². The maximum absolute atomic E-state index is 12.0. The van der Waals surface area contributed by atoms with E-state index >= 15 is 0 Å². The highest BCUT2D eigenvalue weighted by Gasteiger charge is 2.20. The molecule has 0 spiro atoms. The molecule has 0 unspecified atom stereocenters. The van der Waals surface area contributed by atoms with Crippen LogP contribution in [0.2, 0.25) is 0 Å². The molecular weight excluding hydrogens is 314 g/mol. The number of ether oxygens (including phenoxy) is 1. The molecule has 0 aromatic carbocycles. The maximum atomic E-state index is 12.0. The number of amides is 1. The fraction of sp³-hybridized carbons (Fsp3) is 0.400. The molecule has 128 valence electrons. The molecule has 0 saturated heterocycles. The van der Waals surface area contributed by atoms with Gasteiger partial charge in [0.25, 0.3) is 5.91 Å². The summed E-state index contributed by atoms with van der Waals surface area (Å²) in [6, 6.07) is 4.67. The van der Waals surface area contributed by atoms with Crippen molar-refractivity contribution in [1.29, 1.82) is 0 Å². The van der Waals surface area contributed by atoms with Crippen LogP contribution < -0.4 is 10.1 Å². The molecule has 1 N–H and O–H groups in total. The summed E-state index contributed by atoms with van der Waals surface area (Å²) < 4.78 is 6.76.